The van der Waals surface area contributed by atoms with E-state index < -0.39 is 0 Å². The maximum absolute atomic E-state index is 10.6. The van der Waals surface area contributed by atoms with Crippen LogP contribution in [0.1, 0.15) is 10.4 Å². The molecule has 0 fully saturated rings. The summed E-state index contributed by atoms with van der Waals surface area (Å²) in [6.07, 6.45) is 0. The van der Waals surface area contributed by atoms with Gasteiger partial charge in [-0.3, -0.25) is 10.1 Å². The van der Waals surface area contributed by atoms with Crippen LogP contribution in [-0.4, -0.2) is 4.92 Å². The third-order valence-electron chi connectivity index (χ3n) is 2.47. The number of nitrogens with one attached hydrogen (secondary N) is 1. The molecule has 0 amide bonds. The molecule has 0 saturated carbocycles. The molecule has 0 aliphatic heterocycles. The molecular formula is C12H11BrN2O2S. The normalized spacial score (nSPS) is 10.3. The van der Waals surface area contributed by atoms with Crippen molar-refractivity contribution in [2.75, 3.05) is 5.32 Å². The first kappa shape index (κ1) is 13.0. The summed E-state index contributed by atoms with van der Waals surface area (Å²) in [5.74, 6) is 0. The molecule has 0 bridgehead atoms. The molecular weight excluding hydrogens is 316 g/mol. The van der Waals surface area contributed by atoms with Gasteiger partial charge in [0.2, 0.25) is 0 Å². The van der Waals surface area contributed by atoms with Crippen molar-refractivity contribution in [3.8, 4) is 0 Å². The van der Waals surface area contributed by atoms with Gasteiger partial charge in [0.25, 0.3) is 0 Å². The van der Waals surface area contributed by atoms with Crippen molar-refractivity contribution in [3.63, 3.8) is 0 Å². The molecule has 1 aromatic heterocycles. The summed E-state index contributed by atoms with van der Waals surface area (Å²) >= 11 is 4.66. The lowest BCUT2D eigenvalue weighted by molar-refractivity contribution is -0.380. The maximum Gasteiger partial charge on any atom is 0.324 e. The van der Waals surface area contributed by atoms with Crippen LogP contribution in [0.5, 0.6) is 0 Å². The summed E-state index contributed by atoms with van der Waals surface area (Å²) in [5.41, 5.74) is 2.16. The van der Waals surface area contributed by atoms with Gasteiger partial charge in [-0.1, -0.05) is 33.3 Å². The Kier molecular flexibility index (Phi) is 3.98. The SMILES string of the molecule is Cc1ccc(NCc2ccc([N+](=O)[O-])s2)cc1Br. The van der Waals surface area contributed by atoms with Crippen molar-refractivity contribution in [1.29, 1.82) is 0 Å². The van der Waals surface area contributed by atoms with Crippen molar-refractivity contribution >= 4 is 38.0 Å². The predicted molar refractivity (Wildman–Crippen MR) is 77.2 cm³/mol. The molecule has 2 rings (SSSR count). The van der Waals surface area contributed by atoms with Crippen molar-refractivity contribution in [2.45, 2.75) is 13.5 Å². The molecule has 2 aromatic rings. The highest BCUT2D eigenvalue weighted by Crippen LogP contribution is 2.25. The van der Waals surface area contributed by atoms with Crippen LogP contribution in [0.25, 0.3) is 0 Å². The van der Waals surface area contributed by atoms with Gasteiger partial charge in [0.1, 0.15) is 0 Å². The zero-order chi connectivity index (χ0) is 13.1. The molecule has 18 heavy (non-hydrogen) atoms. The quantitative estimate of drug-likeness (QED) is 0.671. The van der Waals surface area contributed by atoms with Crippen LogP contribution in [0, 0.1) is 17.0 Å². The Labute approximate surface area is 117 Å². The number of thiophene rings is 1. The minimum atomic E-state index is -0.364. The Morgan fingerprint density at radius 1 is 1.39 bits per heavy atom. The van der Waals surface area contributed by atoms with Crippen molar-refractivity contribution < 1.29 is 4.92 Å². The third kappa shape index (κ3) is 3.08. The van der Waals surface area contributed by atoms with Crippen molar-refractivity contribution in [2.24, 2.45) is 0 Å². The number of rotatable bonds is 4. The summed E-state index contributed by atoms with van der Waals surface area (Å²) in [6, 6.07) is 9.31. The van der Waals surface area contributed by atoms with Crippen LogP contribution < -0.4 is 5.32 Å². The smallest absolute Gasteiger partial charge is 0.324 e. The topological polar surface area (TPSA) is 55.2 Å². The molecule has 1 heterocycles. The van der Waals surface area contributed by atoms with Crippen LogP contribution in [0.2, 0.25) is 0 Å². The number of nitro groups is 1. The van der Waals surface area contributed by atoms with Crippen LogP contribution in [0.4, 0.5) is 10.7 Å². The lowest BCUT2D eigenvalue weighted by Crippen LogP contribution is -1.97. The van der Waals surface area contributed by atoms with Crippen LogP contribution >= 0.6 is 27.3 Å². The van der Waals surface area contributed by atoms with E-state index in [-0.39, 0.29) is 9.92 Å². The standard InChI is InChI=1S/C12H11BrN2O2S/c1-8-2-3-9(6-11(8)13)14-7-10-4-5-12(18-10)15(16)17/h2-6,14H,7H2,1H3. The van der Waals surface area contributed by atoms with Gasteiger partial charge in [-0.25, -0.2) is 0 Å². The summed E-state index contributed by atoms with van der Waals surface area (Å²) in [4.78, 5) is 11.1. The first-order valence-corrected chi connectivity index (χ1v) is 6.90. The van der Waals surface area contributed by atoms with Crippen LogP contribution in [0.15, 0.2) is 34.8 Å². The zero-order valence-corrected chi connectivity index (χ0v) is 12.0. The fraction of sp³-hybridized carbons (Fsp3) is 0.167. The van der Waals surface area contributed by atoms with E-state index in [1.807, 2.05) is 25.1 Å². The van der Waals surface area contributed by atoms with Crippen molar-refractivity contribution in [1.82, 2.24) is 0 Å². The molecule has 1 N–H and O–H groups in total. The Bertz CT molecular complexity index is 583. The van der Waals surface area contributed by atoms with Gasteiger partial charge in [0, 0.05) is 27.6 Å². The average molecular weight is 327 g/mol. The molecule has 0 atom stereocenters. The Balaban J connectivity index is 2.02. The molecule has 94 valence electrons. The number of benzene rings is 1. The lowest BCUT2D eigenvalue weighted by atomic mass is 10.2. The number of hydrogen-bond acceptors (Lipinski definition) is 4. The molecule has 0 aliphatic carbocycles. The monoisotopic (exact) mass is 326 g/mol. The highest BCUT2D eigenvalue weighted by atomic mass is 79.9. The van der Waals surface area contributed by atoms with E-state index in [1.165, 1.54) is 23.0 Å². The van der Waals surface area contributed by atoms with Gasteiger partial charge < -0.3 is 5.32 Å². The lowest BCUT2D eigenvalue weighted by Gasteiger charge is -2.06. The third-order valence-corrected chi connectivity index (χ3v) is 4.36. The van der Waals surface area contributed by atoms with E-state index in [2.05, 4.69) is 21.2 Å². The second kappa shape index (κ2) is 5.49. The predicted octanol–water partition coefficient (Wildman–Crippen LogP) is 4.34. The highest BCUT2D eigenvalue weighted by molar-refractivity contribution is 9.10. The molecule has 0 unspecified atom stereocenters. The molecule has 0 spiro atoms. The van der Waals surface area contributed by atoms with E-state index >= 15 is 0 Å². The molecule has 0 saturated heterocycles. The van der Waals surface area contributed by atoms with Gasteiger partial charge in [-0.15, -0.1) is 0 Å². The number of aryl methyl sites for hydroxylation is 1. The minimum Gasteiger partial charge on any atom is -0.380 e. The number of hydrogen-bond donors (Lipinski definition) is 1. The van der Waals surface area contributed by atoms with Gasteiger partial charge in [0.05, 0.1) is 4.92 Å². The first-order chi connectivity index (χ1) is 8.56. The number of halogens is 1. The fourth-order valence-corrected chi connectivity index (χ4v) is 2.59. The second-order valence-corrected chi connectivity index (χ2v) is 5.82. The Morgan fingerprint density at radius 3 is 2.78 bits per heavy atom. The van der Waals surface area contributed by atoms with Gasteiger partial charge in [-0.2, -0.15) is 0 Å². The molecule has 0 radical (unpaired) electrons. The van der Waals surface area contributed by atoms with E-state index in [9.17, 15) is 10.1 Å². The van der Waals surface area contributed by atoms with Gasteiger partial charge in [0.15, 0.2) is 0 Å². The average Bonchev–Trinajstić information content (AvgIpc) is 2.79. The molecule has 4 nitrogen and oxygen atoms in total. The summed E-state index contributed by atoms with van der Waals surface area (Å²) in [7, 11) is 0. The van der Waals surface area contributed by atoms with Gasteiger partial charge in [-0.05, 0) is 30.7 Å². The van der Waals surface area contributed by atoms with Crippen LogP contribution in [-0.2, 0) is 6.54 Å². The summed E-state index contributed by atoms with van der Waals surface area (Å²) in [5, 5.41) is 14.0. The molecule has 1 aromatic carbocycles. The van der Waals surface area contributed by atoms with E-state index in [1.54, 1.807) is 6.07 Å². The van der Waals surface area contributed by atoms with E-state index in [4.69, 9.17) is 0 Å². The largest absolute Gasteiger partial charge is 0.380 e. The maximum atomic E-state index is 10.6. The minimum absolute atomic E-state index is 0.178. The van der Waals surface area contributed by atoms with E-state index in [0.717, 1.165) is 15.0 Å². The fourth-order valence-electron chi connectivity index (χ4n) is 1.45. The Hall–Kier alpha value is -1.40. The first-order valence-electron chi connectivity index (χ1n) is 5.29. The van der Waals surface area contributed by atoms with E-state index in [0.29, 0.717) is 6.54 Å². The van der Waals surface area contributed by atoms with Crippen LogP contribution in [0.3, 0.4) is 0 Å². The number of anilines is 1. The summed E-state index contributed by atoms with van der Waals surface area (Å²) < 4.78 is 1.05. The zero-order valence-electron chi connectivity index (χ0n) is 9.64. The number of nitrogens with zero attached hydrogens (tertiary/aromatic N) is 1. The van der Waals surface area contributed by atoms with Gasteiger partial charge >= 0.3 is 5.00 Å². The molecule has 0 aliphatic rings. The van der Waals surface area contributed by atoms with Crippen molar-refractivity contribution in [3.05, 3.63) is 55.4 Å². The highest BCUT2D eigenvalue weighted by Gasteiger charge is 2.09. The Morgan fingerprint density at radius 2 is 2.17 bits per heavy atom. The second-order valence-electron chi connectivity index (χ2n) is 3.81. The molecule has 6 heteroatoms. The summed E-state index contributed by atoms with van der Waals surface area (Å²) in [6.45, 7) is 2.62.